The largest absolute Gasteiger partial charge is 0.480 e. The zero-order valence-corrected chi connectivity index (χ0v) is 20.5. The van der Waals surface area contributed by atoms with Crippen LogP contribution in [0.3, 0.4) is 0 Å². The third kappa shape index (κ3) is 5.35. The highest BCUT2D eigenvalue weighted by atomic mass is 32.1. The number of ether oxygens (including phenoxy) is 1. The zero-order valence-electron chi connectivity index (χ0n) is 19.7. The van der Waals surface area contributed by atoms with Gasteiger partial charge in [-0.05, 0) is 27.7 Å². The van der Waals surface area contributed by atoms with Crippen molar-refractivity contribution in [3.8, 4) is 11.1 Å². The van der Waals surface area contributed by atoms with Gasteiger partial charge >= 0.3 is 12.1 Å². The van der Waals surface area contributed by atoms with Crippen molar-refractivity contribution in [1.29, 1.82) is 0 Å². The second-order valence-corrected chi connectivity index (χ2v) is 10.4. The summed E-state index contributed by atoms with van der Waals surface area (Å²) in [4.78, 5) is 40.5. The number of carbonyl (C=O) groups excluding carboxylic acids is 2. The Labute approximate surface area is 207 Å². The van der Waals surface area contributed by atoms with Gasteiger partial charge in [0.15, 0.2) is 0 Å². The molecule has 4 rings (SSSR count). The lowest BCUT2D eigenvalue weighted by atomic mass is 9.87. The standard InChI is InChI=1S/C26H27N3O5S/c1-26(2,3)22(24(31)32)29-23(30)20-14-35-21(28-20)12-27-25(33)34-13-19-17-10-6-4-8-15(17)16-9-5-7-11-18(16)19/h4-11,14,19,22H,12-13H2,1-3H3,(H,27,33)(H,29,30)(H,31,32)/t22-/m1/s1. The smallest absolute Gasteiger partial charge is 0.407 e. The highest BCUT2D eigenvalue weighted by Gasteiger charge is 2.33. The van der Waals surface area contributed by atoms with E-state index in [0.29, 0.717) is 5.01 Å². The Hall–Kier alpha value is -3.72. The number of nitrogens with one attached hydrogen (secondary N) is 2. The Morgan fingerprint density at radius 1 is 1.06 bits per heavy atom. The van der Waals surface area contributed by atoms with E-state index < -0.39 is 29.4 Å². The first-order valence-corrected chi connectivity index (χ1v) is 12.1. The summed E-state index contributed by atoms with van der Waals surface area (Å²) in [5.74, 6) is -1.72. The molecule has 1 heterocycles. The van der Waals surface area contributed by atoms with Crippen LogP contribution >= 0.6 is 11.3 Å². The number of thiazole rings is 1. The number of benzene rings is 2. The van der Waals surface area contributed by atoms with E-state index in [2.05, 4.69) is 39.9 Å². The molecule has 35 heavy (non-hydrogen) atoms. The second-order valence-electron chi connectivity index (χ2n) is 9.42. The Balaban J connectivity index is 1.32. The van der Waals surface area contributed by atoms with Crippen LogP contribution < -0.4 is 10.6 Å². The van der Waals surface area contributed by atoms with Crippen molar-refractivity contribution in [3.05, 3.63) is 75.7 Å². The topological polar surface area (TPSA) is 118 Å². The van der Waals surface area contributed by atoms with Crippen molar-refractivity contribution in [2.45, 2.75) is 39.3 Å². The number of hydrogen-bond donors (Lipinski definition) is 3. The first-order valence-electron chi connectivity index (χ1n) is 11.2. The fourth-order valence-corrected chi connectivity index (χ4v) is 4.86. The van der Waals surface area contributed by atoms with Crippen molar-refractivity contribution in [2.24, 2.45) is 5.41 Å². The van der Waals surface area contributed by atoms with E-state index in [1.165, 1.54) is 16.7 Å². The van der Waals surface area contributed by atoms with Gasteiger partial charge in [0.25, 0.3) is 5.91 Å². The molecule has 182 valence electrons. The van der Waals surface area contributed by atoms with Gasteiger partial charge in [-0.1, -0.05) is 69.3 Å². The molecule has 3 aromatic rings. The third-order valence-corrected chi connectivity index (χ3v) is 6.75. The zero-order chi connectivity index (χ0) is 25.2. The normalized spacial score (nSPS) is 13.5. The van der Waals surface area contributed by atoms with Crippen LogP contribution in [-0.4, -0.2) is 40.7 Å². The van der Waals surface area contributed by atoms with Crippen molar-refractivity contribution >= 4 is 29.3 Å². The fourth-order valence-electron chi connectivity index (χ4n) is 4.15. The molecule has 0 saturated heterocycles. The molecular weight excluding hydrogens is 466 g/mol. The van der Waals surface area contributed by atoms with Crippen LogP contribution in [-0.2, 0) is 16.1 Å². The third-order valence-electron chi connectivity index (χ3n) is 5.90. The van der Waals surface area contributed by atoms with Gasteiger partial charge < -0.3 is 20.5 Å². The summed E-state index contributed by atoms with van der Waals surface area (Å²) in [5, 5.41) is 16.6. The van der Waals surface area contributed by atoms with Crippen molar-refractivity contribution < 1.29 is 24.2 Å². The van der Waals surface area contributed by atoms with Crippen LogP contribution in [0.4, 0.5) is 4.79 Å². The quantitative estimate of drug-likeness (QED) is 0.449. The molecule has 0 fully saturated rings. The van der Waals surface area contributed by atoms with Gasteiger partial charge in [-0.3, -0.25) is 4.79 Å². The van der Waals surface area contributed by atoms with Crippen LogP contribution in [0.15, 0.2) is 53.9 Å². The molecule has 8 nitrogen and oxygen atoms in total. The Morgan fingerprint density at radius 3 is 2.23 bits per heavy atom. The molecular formula is C26H27N3O5S. The first-order chi connectivity index (χ1) is 16.6. The summed E-state index contributed by atoms with van der Waals surface area (Å²) in [6.07, 6.45) is -0.577. The van der Waals surface area contributed by atoms with Crippen molar-refractivity contribution in [2.75, 3.05) is 6.61 Å². The maximum atomic E-state index is 12.5. The summed E-state index contributed by atoms with van der Waals surface area (Å²) in [7, 11) is 0. The molecule has 2 amide bonds. The van der Waals surface area contributed by atoms with E-state index in [1.54, 1.807) is 20.8 Å². The Bertz CT molecular complexity index is 1220. The van der Waals surface area contributed by atoms with Crippen molar-refractivity contribution in [3.63, 3.8) is 0 Å². The number of hydrogen-bond acceptors (Lipinski definition) is 6. The maximum absolute atomic E-state index is 12.5. The lowest BCUT2D eigenvalue weighted by Crippen LogP contribution is -2.49. The molecule has 1 atom stereocenters. The van der Waals surface area contributed by atoms with Crippen molar-refractivity contribution in [1.82, 2.24) is 15.6 Å². The van der Waals surface area contributed by atoms with E-state index in [0.717, 1.165) is 22.3 Å². The first kappa shape index (κ1) is 24.4. The number of rotatable bonds is 7. The van der Waals surface area contributed by atoms with E-state index in [1.807, 2.05) is 24.3 Å². The van der Waals surface area contributed by atoms with Gasteiger partial charge in [0.1, 0.15) is 23.4 Å². The van der Waals surface area contributed by atoms with Gasteiger partial charge in [0.2, 0.25) is 0 Å². The molecule has 9 heteroatoms. The number of amides is 2. The predicted molar refractivity (Wildman–Crippen MR) is 132 cm³/mol. The summed E-state index contributed by atoms with van der Waals surface area (Å²) in [5.41, 5.74) is 4.02. The van der Waals surface area contributed by atoms with E-state index in [9.17, 15) is 19.5 Å². The number of fused-ring (bicyclic) bond motifs is 3. The average Bonchev–Trinajstić information content (AvgIpc) is 3.42. The number of nitrogens with zero attached hydrogens (tertiary/aromatic N) is 1. The molecule has 0 unspecified atom stereocenters. The lowest BCUT2D eigenvalue weighted by molar-refractivity contribution is -0.142. The minimum Gasteiger partial charge on any atom is -0.480 e. The van der Waals surface area contributed by atoms with Crippen LogP contribution in [0.1, 0.15) is 53.3 Å². The van der Waals surface area contributed by atoms with E-state index >= 15 is 0 Å². The van der Waals surface area contributed by atoms with E-state index in [4.69, 9.17) is 4.74 Å². The summed E-state index contributed by atoms with van der Waals surface area (Å²) >= 11 is 1.20. The van der Waals surface area contributed by atoms with Gasteiger partial charge in [-0.2, -0.15) is 0 Å². The number of carboxylic acids is 1. The number of aromatic nitrogens is 1. The van der Waals surface area contributed by atoms with Crippen LogP contribution in [0.5, 0.6) is 0 Å². The second kappa shape index (κ2) is 9.87. The monoisotopic (exact) mass is 493 g/mol. The minimum atomic E-state index is -1.11. The highest BCUT2D eigenvalue weighted by molar-refractivity contribution is 7.09. The van der Waals surface area contributed by atoms with Crippen LogP contribution in [0.25, 0.3) is 11.1 Å². The average molecular weight is 494 g/mol. The van der Waals surface area contributed by atoms with Gasteiger partial charge in [0.05, 0.1) is 6.54 Å². The minimum absolute atomic E-state index is 0.0340. The molecule has 1 aliphatic carbocycles. The van der Waals surface area contributed by atoms with Crippen LogP contribution in [0, 0.1) is 5.41 Å². The molecule has 0 saturated carbocycles. The molecule has 0 aliphatic heterocycles. The Kier molecular flexibility index (Phi) is 6.88. The molecule has 1 aromatic heterocycles. The SMILES string of the molecule is CC(C)(C)[C@H](NC(=O)c1csc(CNC(=O)OCC2c3ccccc3-c3ccccc32)n1)C(=O)O. The molecule has 1 aliphatic rings. The van der Waals surface area contributed by atoms with Gasteiger partial charge in [-0.15, -0.1) is 11.3 Å². The molecule has 3 N–H and O–H groups in total. The molecule has 0 spiro atoms. The molecule has 0 bridgehead atoms. The fraction of sp³-hybridized carbons (Fsp3) is 0.308. The summed E-state index contributed by atoms with van der Waals surface area (Å²) < 4.78 is 5.51. The lowest BCUT2D eigenvalue weighted by Gasteiger charge is -2.27. The van der Waals surface area contributed by atoms with Gasteiger partial charge in [0, 0.05) is 11.3 Å². The number of carboxylic acid groups (broad SMARTS) is 1. The number of aliphatic carboxylic acids is 1. The molecule has 2 aromatic carbocycles. The predicted octanol–water partition coefficient (Wildman–Crippen LogP) is 4.41. The highest BCUT2D eigenvalue weighted by Crippen LogP contribution is 2.44. The number of alkyl carbamates (subject to hydrolysis) is 1. The summed E-state index contributed by atoms with van der Waals surface area (Å²) in [6, 6.07) is 15.2. The van der Waals surface area contributed by atoms with Gasteiger partial charge in [-0.25, -0.2) is 14.6 Å². The summed E-state index contributed by atoms with van der Waals surface area (Å²) in [6.45, 7) is 5.50. The Morgan fingerprint density at radius 2 is 1.66 bits per heavy atom. The number of carbonyl (C=O) groups is 3. The van der Waals surface area contributed by atoms with E-state index in [-0.39, 0.29) is 24.8 Å². The maximum Gasteiger partial charge on any atom is 0.407 e. The van der Waals surface area contributed by atoms with Crippen LogP contribution in [0.2, 0.25) is 0 Å². The molecule has 0 radical (unpaired) electrons.